The van der Waals surface area contributed by atoms with Gasteiger partial charge in [-0.05, 0) is 50.6 Å². The standard InChI is InChI=1S/C21H22Cl2N4OS/c1-4-27-19(14(3)24-20(28)16-7-5-6-13(2)10-16)25-26-21(27)29-12-15-8-9-17(22)18(23)11-15/h5-11,14H,4,12H2,1-3H3,(H,24,28)/t14-/m0/s1. The SMILES string of the molecule is CCn1c(SCc2ccc(Cl)c(Cl)c2)nnc1[C@H](C)NC(=O)c1cccc(C)c1. The third kappa shape index (κ3) is 5.32. The highest BCUT2D eigenvalue weighted by Crippen LogP contribution is 2.28. The van der Waals surface area contributed by atoms with Gasteiger partial charge in [0.25, 0.3) is 5.91 Å². The summed E-state index contributed by atoms with van der Waals surface area (Å²) >= 11 is 13.6. The minimum absolute atomic E-state index is 0.128. The summed E-state index contributed by atoms with van der Waals surface area (Å²) in [6, 6.07) is 12.8. The van der Waals surface area contributed by atoms with Crippen LogP contribution in [0.5, 0.6) is 0 Å². The van der Waals surface area contributed by atoms with Gasteiger partial charge in [-0.15, -0.1) is 10.2 Å². The molecule has 0 unspecified atom stereocenters. The summed E-state index contributed by atoms with van der Waals surface area (Å²) in [5.41, 5.74) is 2.73. The number of nitrogens with one attached hydrogen (secondary N) is 1. The number of rotatable bonds is 7. The van der Waals surface area contributed by atoms with Crippen molar-refractivity contribution in [2.24, 2.45) is 0 Å². The van der Waals surface area contributed by atoms with Crippen molar-refractivity contribution >= 4 is 40.9 Å². The van der Waals surface area contributed by atoms with E-state index in [1.165, 1.54) is 0 Å². The van der Waals surface area contributed by atoms with Crippen LogP contribution in [-0.2, 0) is 12.3 Å². The third-order valence-corrected chi connectivity index (χ3v) is 6.21. The molecule has 1 amide bonds. The lowest BCUT2D eigenvalue weighted by atomic mass is 10.1. The summed E-state index contributed by atoms with van der Waals surface area (Å²) in [4.78, 5) is 12.6. The largest absolute Gasteiger partial charge is 0.342 e. The van der Waals surface area contributed by atoms with Crippen LogP contribution >= 0.6 is 35.0 Å². The summed E-state index contributed by atoms with van der Waals surface area (Å²) in [5, 5.41) is 13.5. The zero-order valence-corrected chi connectivity index (χ0v) is 18.8. The summed E-state index contributed by atoms with van der Waals surface area (Å²) in [5.74, 6) is 1.29. The number of hydrogen-bond donors (Lipinski definition) is 1. The average molecular weight is 449 g/mol. The number of hydrogen-bond acceptors (Lipinski definition) is 4. The molecule has 0 aliphatic rings. The van der Waals surface area contributed by atoms with Crippen molar-refractivity contribution < 1.29 is 4.79 Å². The number of aromatic nitrogens is 3. The molecule has 8 heteroatoms. The second-order valence-corrected chi connectivity index (χ2v) is 8.44. The van der Waals surface area contributed by atoms with Gasteiger partial charge in [0.15, 0.2) is 11.0 Å². The molecule has 1 atom stereocenters. The summed E-state index contributed by atoms with van der Waals surface area (Å²) in [6.07, 6.45) is 0. The second kappa shape index (κ2) is 9.65. The van der Waals surface area contributed by atoms with Crippen LogP contribution < -0.4 is 5.32 Å². The fourth-order valence-corrected chi connectivity index (χ4v) is 4.21. The van der Waals surface area contributed by atoms with E-state index in [0.717, 1.165) is 22.1 Å². The molecule has 3 aromatic rings. The van der Waals surface area contributed by atoms with Crippen LogP contribution in [0.1, 0.15) is 47.2 Å². The van der Waals surface area contributed by atoms with E-state index < -0.39 is 0 Å². The number of halogens is 2. The van der Waals surface area contributed by atoms with Crippen molar-refractivity contribution in [1.29, 1.82) is 0 Å². The van der Waals surface area contributed by atoms with Gasteiger partial charge in [-0.25, -0.2) is 0 Å². The molecule has 1 aromatic heterocycles. The Kier molecular flexibility index (Phi) is 7.22. The van der Waals surface area contributed by atoms with E-state index in [-0.39, 0.29) is 11.9 Å². The molecular weight excluding hydrogens is 427 g/mol. The van der Waals surface area contributed by atoms with Crippen LogP contribution in [-0.4, -0.2) is 20.7 Å². The minimum Gasteiger partial charge on any atom is -0.342 e. The fourth-order valence-electron chi connectivity index (χ4n) is 2.93. The molecule has 3 rings (SSSR count). The monoisotopic (exact) mass is 448 g/mol. The van der Waals surface area contributed by atoms with E-state index >= 15 is 0 Å². The van der Waals surface area contributed by atoms with Crippen LogP contribution in [0.4, 0.5) is 0 Å². The maximum atomic E-state index is 12.6. The molecule has 0 spiro atoms. The first-order chi connectivity index (χ1) is 13.9. The van der Waals surface area contributed by atoms with Gasteiger partial charge < -0.3 is 9.88 Å². The Hall–Kier alpha value is -2.02. The summed E-state index contributed by atoms with van der Waals surface area (Å²) in [6.45, 7) is 6.62. The zero-order chi connectivity index (χ0) is 21.0. The Morgan fingerprint density at radius 1 is 1.17 bits per heavy atom. The average Bonchev–Trinajstić information content (AvgIpc) is 3.12. The Bertz CT molecular complexity index is 1020. The van der Waals surface area contributed by atoms with Gasteiger partial charge in [0.2, 0.25) is 0 Å². The molecule has 1 heterocycles. The van der Waals surface area contributed by atoms with Crippen molar-refractivity contribution in [3.05, 3.63) is 75.0 Å². The topological polar surface area (TPSA) is 59.8 Å². The first kappa shape index (κ1) is 21.7. The Morgan fingerprint density at radius 3 is 2.66 bits per heavy atom. The maximum absolute atomic E-state index is 12.6. The third-order valence-electron chi connectivity index (χ3n) is 4.43. The van der Waals surface area contributed by atoms with Gasteiger partial charge in [-0.1, -0.05) is 58.7 Å². The molecular formula is C21H22Cl2N4OS. The van der Waals surface area contributed by atoms with Gasteiger partial charge in [0.05, 0.1) is 16.1 Å². The van der Waals surface area contributed by atoms with Crippen molar-refractivity contribution in [2.75, 3.05) is 0 Å². The highest BCUT2D eigenvalue weighted by atomic mass is 35.5. The van der Waals surface area contributed by atoms with Gasteiger partial charge >= 0.3 is 0 Å². The number of nitrogens with zero attached hydrogens (tertiary/aromatic N) is 3. The maximum Gasteiger partial charge on any atom is 0.251 e. The molecule has 1 N–H and O–H groups in total. The molecule has 5 nitrogen and oxygen atoms in total. The molecule has 29 heavy (non-hydrogen) atoms. The van der Waals surface area contributed by atoms with E-state index in [9.17, 15) is 4.79 Å². The molecule has 0 fully saturated rings. The Balaban J connectivity index is 1.70. The molecule has 0 saturated heterocycles. The normalized spacial score (nSPS) is 12.0. The number of aryl methyl sites for hydroxylation is 1. The van der Waals surface area contributed by atoms with E-state index in [4.69, 9.17) is 23.2 Å². The van der Waals surface area contributed by atoms with Crippen LogP contribution in [0.15, 0.2) is 47.6 Å². The van der Waals surface area contributed by atoms with E-state index in [0.29, 0.717) is 27.9 Å². The quantitative estimate of drug-likeness (QED) is 0.471. The lowest BCUT2D eigenvalue weighted by Gasteiger charge is -2.15. The van der Waals surface area contributed by atoms with Crippen molar-refractivity contribution in [1.82, 2.24) is 20.1 Å². The van der Waals surface area contributed by atoms with Crippen molar-refractivity contribution in [3.63, 3.8) is 0 Å². The first-order valence-electron chi connectivity index (χ1n) is 9.26. The predicted octanol–water partition coefficient (Wildman–Crippen LogP) is 5.70. The Morgan fingerprint density at radius 2 is 1.97 bits per heavy atom. The minimum atomic E-state index is -0.269. The van der Waals surface area contributed by atoms with Crippen molar-refractivity contribution in [2.45, 2.75) is 44.3 Å². The molecule has 0 aliphatic carbocycles. The molecule has 0 radical (unpaired) electrons. The molecule has 2 aromatic carbocycles. The first-order valence-corrected chi connectivity index (χ1v) is 11.0. The summed E-state index contributed by atoms with van der Waals surface area (Å²) in [7, 11) is 0. The fraction of sp³-hybridized carbons (Fsp3) is 0.286. The molecule has 0 bridgehead atoms. The van der Waals surface area contributed by atoms with Gasteiger partial charge in [-0.2, -0.15) is 0 Å². The number of amides is 1. The number of carbonyl (C=O) groups is 1. The van der Waals surface area contributed by atoms with E-state index in [1.807, 2.05) is 55.7 Å². The van der Waals surface area contributed by atoms with Gasteiger partial charge in [0, 0.05) is 17.9 Å². The number of thioether (sulfide) groups is 1. The zero-order valence-electron chi connectivity index (χ0n) is 16.4. The Labute approximate surface area is 184 Å². The molecule has 0 saturated carbocycles. The van der Waals surface area contributed by atoms with E-state index in [1.54, 1.807) is 23.9 Å². The van der Waals surface area contributed by atoms with Crippen LogP contribution in [0.3, 0.4) is 0 Å². The van der Waals surface area contributed by atoms with Crippen LogP contribution in [0, 0.1) is 6.92 Å². The predicted molar refractivity (Wildman–Crippen MR) is 119 cm³/mol. The van der Waals surface area contributed by atoms with Crippen LogP contribution in [0.2, 0.25) is 10.0 Å². The van der Waals surface area contributed by atoms with Gasteiger partial charge in [-0.3, -0.25) is 4.79 Å². The lowest BCUT2D eigenvalue weighted by molar-refractivity contribution is 0.0937. The van der Waals surface area contributed by atoms with E-state index in [2.05, 4.69) is 15.5 Å². The molecule has 152 valence electrons. The second-order valence-electron chi connectivity index (χ2n) is 6.69. The number of carbonyl (C=O) groups excluding carboxylic acids is 1. The lowest BCUT2D eigenvalue weighted by Crippen LogP contribution is -2.28. The smallest absolute Gasteiger partial charge is 0.251 e. The highest BCUT2D eigenvalue weighted by molar-refractivity contribution is 7.98. The highest BCUT2D eigenvalue weighted by Gasteiger charge is 2.19. The number of benzene rings is 2. The summed E-state index contributed by atoms with van der Waals surface area (Å²) < 4.78 is 2.02. The van der Waals surface area contributed by atoms with Crippen molar-refractivity contribution in [3.8, 4) is 0 Å². The van der Waals surface area contributed by atoms with Gasteiger partial charge in [0.1, 0.15) is 0 Å². The van der Waals surface area contributed by atoms with Crippen LogP contribution in [0.25, 0.3) is 0 Å². The molecule has 0 aliphatic heterocycles.